The molecule has 0 fully saturated rings. The summed E-state index contributed by atoms with van der Waals surface area (Å²) >= 11 is 11.8. The van der Waals surface area contributed by atoms with Gasteiger partial charge in [0, 0.05) is 10.6 Å². The number of halogens is 3. The van der Waals surface area contributed by atoms with Gasteiger partial charge < -0.3 is 10.1 Å². The summed E-state index contributed by atoms with van der Waals surface area (Å²) in [5, 5.41) is 3.84. The van der Waals surface area contributed by atoms with E-state index in [2.05, 4.69) is 5.32 Å². The van der Waals surface area contributed by atoms with Crippen LogP contribution in [0, 0.1) is 5.82 Å². The van der Waals surface area contributed by atoms with Gasteiger partial charge in [0.25, 0.3) is 0 Å². The summed E-state index contributed by atoms with van der Waals surface area (Å²) < 4.78 is 18.4. The van der Waals surface area contributed by atoms with Crippen LogP contribution >= 0.6 is 23.2 Å². The molecule has 0 aliphatic carbocycles. The zero-order valence-electron chi connectivity index (χ0n) is 11.1. The molecule has 0 spiro atoms. The van der Waals surface area contributed by atoms with Gasteiger partial charge in [-0.1, -0.05) is 23.2 Å². The molecule has 0 unspecified atom stereocenters. The standard InChI is InChI=1S/C15H12Cl2FNO2/c1-21-15-5-2-9(6-12(15)18)14(20)8-19-13-7-10(16)3-4-11(13)17/h2-7,19H,8H2,1H3. The number of nitrogens with one attached hydrogen (secondary N) is 1. The normalized spacial score (nSPS) is 10.3. The molecule has 0 aromatic heterocycles. The number of ether oxygens (including phenoxy) is 1. The van der Waals surface area contributed by atoms with Gasteiger partial charge in [-0.15, -0.1) is 0 Å². The van der Waals surface area contributed by atoms with Gasteiger partial charge in [0.15, 0.2) is 17.3 Å². The van der Waals surface area contributed by atoms with Crippen molar-refractivity contribution in [3.63, 3.8) is 0 Å². The molecule has 0 amide bonds. The highest BCUT2D eigenvalue weighted by Gasteiger charge is 2.11. The molecule has 0 heterocycles. The maximum atomic E-state index is 13.6. The SMILES string of the molecule is COc1ccc(C(=O)CNc2cc(Cl)ccc2Cl)cc1F. The van der Waals surface area contributed by atoms with Crippen molar-refractivity contribution in [3.05, 3.63) is 57.8 Å². The van der Waals surface area contributed by atoms with Crippen LogP contribution in [0.25, 0.3) is 0 Å². The molecule has 110 valence electrons. The van der Waals surface area contributed by atoms with Gasteiger partial charge in [0.05, 0.1) is 24.4 Å². The number of benzene rings is 2. The van der Waals surface area contributed by atoms with Gasteiger partial charge in [-0.25, -0.2) is 4.39 Å². The maximum absolute atomic E-state index is 13.6. The number of carbonyl (C=O) groups is 1. The average Bonchev–Trinajstić information content (AvgIpc) is 2.47. The van der Waals surface area contributed by atoms with Gasteiger partial charge in [-0.05, 0) is 36.4 Å². The van der Waals surface area contributed by atoms with E-state index in [1.54, 1.807) is 18.2 Å². The van der Waals surface area contributed by atoms with Crippen LogP contribution in [0.3, 0.4) is 0 Å². The molecule has 2 aromatic rings. The van der Waals surface area contributed by atoms with E-state index in [1.807, 2.05) is 0 Å². The molecule has 1 N–H and O–H groups in total. The van der Waals surface area contributed by atoms with E-state index in [-0.39, 0.29) is 23.6 Å². The minimum Gasteiger partial charge on any atom is -0.494 e. The molecular weight excluding hydrogens is 316 g/mol. The Morgan fingerprint density at radius 3 is 2.67 bits per heavy atom. The van der Waals surface area contributed by atoms with Gasteiger partial charge >= 0.3 is 0 Å². The average molecular weight is 328 g/mol. The molecule has 0 bridgehead atoms. The first-order valence-corrected chi connectivity index (χ1v) is 6.82. The summed E-state index contributed by atoms with van der Waals surface area (Å²) in [4.78, 5) is 12.0. The van der Waals surface area contributed by atoms with Gasteiger partial charge in [-0.2, -0.15) is 0 Å². The molecule has 0 radical (unpaired) electrons. The van der Waals surface area contributed by atoms with Crippen LogP contribution < -0.4 is 10.1 Å². The number of anilines is 1. The van der Waals surface area contributed by atoms with Crippen LogP contribution in [0.4, 0.5) is 10.1 Å². The van der Waals surface area contributed by atoms with Gasteiger partial charge in [-0.3, -0.25) is 4.79 Å². The van der Waals surface area contributed by atoms with Crippen LogP contribution in [0.2, 0.25) is 10.0 Å². The lowest BCUT2D eigenvalue weighted by atomic mass is 10.1. The van der Waals surface area contributed by atoms with Crippen LogP contribution in [0.15, 0.2) is 36.4 Å². The summed E-state index contributed by atoms with van der Waals surface area (Å²) in [6.45, 7) is -0.0220. The third-order valence-corrected chi connectivity index (χ3v) is 3.41. The fourth-order valence-electron chi connectivity index (χ4n) is 1.75. The van der Waals surface area contributed by atoms with E-state index in [4.69, 9.17) is 27.9 Å². The second-order valence-electron chi connectivity index (χ2n) is 4.25. The Morgan fingerprint density at radius 1 is 1.24 bits per heavy atom. The topological polar surface area (TPSA) is 38.3 Å². The molecule has 0 saturated carbocycles. The molecule has 0 atom stereocenters. The van der Waals surface area contributed by atoms with E-state index in [0.29, 0.717) is 15.7 Å². The lowest BCUT2D eigenvalue weighted by Gasteiger charge is -2.09. The second kappa shape index (κ2) is 6.78. The van der Waals surface area contributed by atoms with Crippen molar-refractivity contribution in [1.29, 1.82) is 0 Å². The second-order valence-corrected chi connectivity index (χ2v) is 5.09. The fourth-order valence-corrected chi connectivity index (χ4v) is 2.11. The lowest BCUT2D eigenvalue weighted by molar-refractivity contribution is 0.101. The van der Waals surface area contributed by atoms with Crippen molar-refractivity contribution in [2.75, 3.05) is 19.0 Å². The Hall–Kier alpha value is -1.78. The van der Waals surface area contributed by atoms with E-state index >= 15 is 0 Å². The smallest absolute Gasteiger partial charge is 0.181 e. The minimum atomic E-state index is -0.580. The van der Waals surface area contributed by atoms with Gasteiger partial charge in [0.2, 0.25) is 0 Å². The predicted octanol–water partition coefficient (Wildman–Crippen LogP) is 4.44. The molecule has 6 heteroatoms. The molecular formula is C15H12Cl2FNO2. The minimum absolute atomic E-state index is 0.0220. The number of rotatable bonds is 5. The zero-order chi connectivity index (χ0) is 15.4. The van der Waals surface area contributed by atoms with Crippen molar-refractivity contribution in [1.82, 2.24) is 0 Å². The van der Waals surface area contributed by atoms with Gasteiger partial charge in [0.1, 0.15) is 0 Å². The first-order chi connectivity index (χ1) is 10.0. The number of carbonyl (C=O) groups excluding carboxylic acids is 1. The largest absolute Gasteiger partial charge is 0.494 e. The van der Waals surface area contributed by atoms with Crippen LogP contribution in [0.5, 0.6) is 5.75 Å². The van der Waals surface area contributed by atoms with Crippen molar-refractivity contribution in [2.45, 2.75) is 0 Å². The zero-order valence-corrected chi connectivity index (χ0v) is 12.6. The Labute approximate surface area is 131 Å². The molecule has 2 aromatic carbocycles. The molecule has 3 nitrogen and oxygen atoms in total. The molecule has 0 saturated heterocycles. The summed E-state index contributed by atoms with van der Waals surface area (Å²) in [7, 11) is 1.36. The third-order valence-electron chi connectivity index (χ3n) is 2.84. The highest BCUT2D eigenvalue weighted by molar-refractivity contribution is 6.35. The first-order valence-electron chi connectivity index (χ1n) is 6.07. The lowest BCUT2D eigenvalue weighted by Crippen LogP contribution is -2.14. The summed E-state index contributed by atoms with van der Waals surface area (Å²) in [6.07, 6.45) is 0. The van der Waals surface area contributed by atoms with E-state index in [0.717, 1.165) is 6.07 Å². The van der Waals surface area contributed by atoms with Crippen molar-refractivity contribution in [2.24, 2.45) is 0 Å². The molecule has 2 rings (SSSR count). The van der Waals surface area contributed by atoms with Crippen LogP contribution in [0.1, 0.15) is 10.4 Å². The Morgan fingerprint density at radius 2 is 2.00 bits per heavy atom. The third kappa shape index (κ3) is 3.86. The monoisotopic (exact) mass is 327 g/mol. The number of ketones is 1. The summed E-state index contributed by atoms with van der Waals surface area (Å²) in [6, 6.07) is 8.95. The highest BCUT2D eigenvalue weighted by Crippen LogP contribution is 2.25. The van der Waals surface area contributed by atoms with Crippen LogP contribution in [-0.2, 0) is 0 Å². The van der Waals surface area contributed by atoms with E-state index < -0.39 is 5.82 Å². The Balaban J connectivity index is 2.08. The fraction of sp³-hybridized carbons (Fsp3) is 0.133. The summed E-state index contributed by atoms with van der Waals surface area (Å²) in [5.74, 6) is -0.755. The molecule has 21 heavy (non-hydrogen) atoms. The first kappa shape index (κ1) is 15.6. The Kier molecular flexibility index (Phi) is 5.04. The van der Waals surface area contributed by atoms with Crippen molar-refractivity contribution in [3.8, 4) is 5.75 Å². The Bertz CT molecular complexity index is 677. The highest BCUT2D eigenvalue weighted by atomic mass is 35.5. The van der Waals surface area contributed by atoms with Crippen molar-refractivity contribution < 1.29 is 13.9 Å². The number of methoxy groups -OCH3 is 1. The predicted molar refractivity (Wildman–Crippen MR) is 82.2 cm³/mol. The van der Waals surface area contributed by atoms with E-state index in [1.165, 1.54) is 19.2 Å². The van der Waals surface area contributed by atoms with E-state index in [9.17, 15) is 9.18 Å². The molecule has 0 aliphatic rings. The number of hydrogen-bond acceptors (Lipinski definition) is 3. The quantitative estimate of drug-likeness (QED) is 0.825. The molecule has 0 aliphatic heterocycles. The number of hydrogen-bond donors (Lipinski definition) is 1. The summed E-state index contributed by atoms with van der Waals surface area (Å²) in [5.41, 5.74) is 0.797. The van der Waals surface area contributed by atoms with Crippen molar-refractivity contribution >= 4 is 34.7 Å². The van der Waals surface area contributed by atoms with Crippen LogP contribution in [-0.4, -0.2) is 19.4 Å². The maximum Gasteiger partial charge on any atom is 0.181 e. The number of Topliss-reactive ketones (excluding diaryl/α,β-unsaturated/α-hetero) is 1.